The van der Waals surface area contributed by atoms with Gasteiger partial charge in [0.2, 0.25) is 0 Å². The van der Waals surface area contributed by atoms with Crippen LogP contribution in [0.3, 0.4) is 0 Å². The largest absolute Gasteiger partial charge is 0.468 e. The maximum Gasteiger partial charge on any atom is 0.321 e. The monoisotopic (exact) mass is 289 g/mol. The molecule has 0 saturated carbocycles. The number of aryl methyl sites for hydroxylation is 1. The number of imidazole rings is 1. The summed E-state index contributed by atoms with van der Waals surface area (Å²) < 4.78 is 32.0. The van der Waals surface area contributed by atoms with Gasteiger partial charge in [0, 0.05) is 19.3 Å². The minimum absolute atomic E-state index is 0.0493. The van der Waals surface area contributed by atoms with Crippen LogP contribution >= 0.6 is 0 Å². The van der Waals surface area contributed by atoms with Crippen molar-refractivity contribution < 1.29 is 17.9 Å². The highest BCUT2D eigenvalue weighted by Gasteiger charge is 2.28. The molecular formula is C11H19N3O4S. The van der Waals surface area contributed by atoms with Crippen LogP contribution in [0.15, 0.2) is 17.6 Å². The van der Waals surface area contributed by atoms with Crippen LogP contribution in [0, 0.1) is 0 Å². The Bertz CT molecular complexity index is 524. The van der Waals surface area contributed by atoms with Crippen molar-refractivity contribution in [1.29, 1.82) is 0 Å². The SMILES string of the molecule is CCCN(CC(=O)OC)S(=O)(=O)c1cn(CC)cn1. The second-order valence-corrected chi connectivity index (χ2v) is 5.84. The van der Waals surface area contributed by atoms with Crippen LogP contribution in [0.25, 0.3) is 0 Å². The van der Waals surface area contributed by atoms with E-state index < -0.39 is 16.0 Å². The molecule has 0 fully saturated rings. The standard InChI is InChI=1S/C11H19N3O4S/c1-4-6-14(8-11(15)18-3)19(16,17)10-7-13(5-2)9-12-10/h7,9H,4-6,8H2,1-3H3. The van der Waals surface area contributed by atoms with Crippen molar-refractivity contribution in [3.63, 3.8) is 0 Å². The minimum Gasteiger partial charge on any atom is -0.468 e. The summed E-state index contributed by atoms with van der Waals surface area (Å²) in [7, 11) is -2.53. The van der Waals surface area contributed by atoms with Gasteiger partial charge >= 0.3 is 5.97 Å². The van der Waals surface area contributed by atoms with Crippen molar-refractivity contribution in [1.82, 2.24) is 13.9 Å². The molecule has 0 bridgehead atoms. The zero-order valence-electron chi connectivity index (χ0n) is 11.4. The van der Waals surface area contributed by atoms with Crippen LogP contribution in [0.4, 0.5) is 0 Å². The lowest BCUT2D eigenvalue weighted by atomic mass is 10.5. The Hall–Kier alpha value is -1.41. The van der Waals surface area contributed by atoms with Crippen molar-refractivity contribution in [2.75, 3.05) is 20.2 Å². The maximum atomic E-state index is 12.3. The summed E-state index contributed by atoms with van der Waals surface area (Å²) in [5, 5.41) is -0.0493. The molecule has 0 aromatic carbocycles. The Morgan fingerprint density at radius 3 is 2.63 bits per heavy atom. The van der Waals surface area contributed by atoms with Crippen molar-refractivity contribution in [2.45, 2.75) is 31.8 Å². The number of hydrogen-bond donors (Lipinski definition) is 0. The number of ether oxygens (including phenoxy) is 1. The number of sulfonamides is 1. The van der Waals surface area contributed by atoms with Gasteiger partial charge in [-0.3, -0.25) is 4.79 Å². The summed E-state index contributed by atoms with van der Waals surface area (Å²) in [5.41, 5.74) is 0. The summed E-state index contributed by atoms with van der Waals surface area (Å²) in [6, 6.07) is 0. The Kier molecular flexibility index (Phi) is 5.49. The van der Waals surface area contributed by atoms with Crippen molar-refractivity contribution in [3.05, 3.63) is 12.5 Å². The van der Waals surface area contributed by atoms with Crippen LogP contribution in [0.5, 0.6) is 0 Å². The Morgan fingerprint density at radius 1 is 1.47 bits per heavy atom. The van der Waals surface area contributed by atoms with E-state index >= 15 is 0 Å². The molecule has 0 aliphatic rings. The molecule has 0 spiro atoms. The summed E-state index contributed by atoms with van der Waals surface area (Å²) in [4.78, 5) is 15.2. The molecule has 19 heavy (non-hydrogen) atoms. The number of carbonyl (C=O) groups excluding carboxylic acids is 1. The normalized spacial score (nSPS) is 11.8. The maximum absolute atomic E-state index is 12.3. The number of esters is 1. The molecule has 0 unspecified atom stereocenters. The van der Waals surface area contributed by atoms with Gasteiger partial charge in [0.05, 0.1) is 13.4 Å². The second-order valence-electron chi connectivity index (χ2n) is 3.96. The smallest absolute Gasteiger partial charge is 0.321 e. The van der Waals surface area contributed by atoms with Crippen LogP contribution in [0.2, 0.25) is 0 Å². The molecule has 0 aliphatic heterocycles. The van der Waals surface area contributed by atoms with Gasteiger partial charge in [0.1, 0.15) is 6.54 Å². The molecule has 1 aromatic rings. The summed E-state index contributed by atoms with van der Waals surface area (Å²) in [5.74, 6) is -0.591. The molecule has 0 amide bonds. The summed E-state index contributed by atoms with van der Waals surface area (Å²) in [6.07, 6.45) is 3.51. The number of rotatable bonds is 7. The molecule has 1 heterocycles. The van der Waals surface area contributed by atoms with E-state index in [4.69, 9.17) is 0 Å². The highest BCUT2D eigenvalue weighted by Crippen LogP contribution is 2.13. The zero-order chi connectivity index (χ0) is 14.5. The van der Waals surface area contributed by atoms with Crippen LogP contribution in [-0.2, 0) is 26.1 Å². The van der Waals surface area contributed by atoms with Crippen LogP contribution < -0.4 is 0 Å². The molecule has 1 rings (SSSR count). The number of nitrogens with zero attached hydrogens (tertiary/aromatic N) is 3. The molecule has 0 atom stereocenters. The van der Waals surface area contributed by atoms with Gasteiger partial charge in [0.15, 0.2) is 5.03 Å². The van der Waals surface area contributed by atoms with Crippen molar-refractivity contribution >= 4 is 16.0 Å². The van der Waals surface area contributed by atoms with E-state index in [2.05, 4.69) is 9.72 Å². The highest BCUT2D eigenvalue weighted by atomic mass is 32.2. The molecule has 0 radical (unpaired) electrons. The average molecular weight is 289 g/mol. The fourth-order valence-electron chi connectivity index (χ4n) is 1.52. The predicted molar refractivity (Wildman–Crippen MR) is 69.0 cm³/mol. The highest BCUT2D eigenvalue weighted by molar-refractivity contribution is 7.89. The predicted octanol–water partition coefficient (Wildman–Crippen LogP) is 0.477. The number of carbonyl (C=O) groups is 1. The van der Waals surface area contributed by atoms with Gasteiger partial charge < -0.3 is 9.30 Å². The minimum atomic E-state index is -3.76. The lowest BCUT2D eigenvalue weighted by Gasteiger charge is -2.18. The van der Waals surface area contributed by atoms with Gasteiger partial charge in [-0.15, -0.1) is 0 Å². The molecule has 0 aliphatic carbocycles. The third kappa shape index (κ3) is 3.77. The number of methoxy groups -OCH3 is 1. The van der Waals surface area contributed by atoms with Crippen molar-refractivity contribution in [2.24, 2.45) is 0 Å². The van der Waals surface area contributed by atoms with Gasteiger partial charge in [-0.05, 0) is 13.3 Å². The van der Waals surface area contributed by atoms with Crippen LogP contribution in [-0.4, -0.2) is 48.4 Å². The Morgan fingerprint density at radius 2 is 2.16 bits per heavy atom. The van der Waals surface area contributed by atoms with Gasteiger partial charge in [-0.25, -0.2) is 13.4 Å². The lowest BCUT2D eigenvalue weighted by Crippen LogP contribution is -2.37. The van der Waals surface area contributed by atoms with E-state index in [0.717, 1.165) is 4.31 Å². The molecule has 108 valence electrons. The van der Waals surface area contributed by atoms with E-state index in [0.29, 0.717) is 13.0 Å². The van der Waals surface area contributed by atoms with E-state index in [1.165, 1.54) is 19.6 Å². The topological polar surface area (TPSA) is 81.5 Å². The Labute approximate surface area is 113 Å². The van der Waals surface area contributed by atoms with E-state index in [-0.39, 0.29) is 18.1 Å². The summed E-state index contributed by atoms with van der Waals surface area (Å²) in [6.45, 7) is 4.30. The number of aromatic nitrogens is 2. The fourth-order valence-corrected chi connectivity index (χ4v) is 2.93. The average Bonchev–Trinajstić information content (AvgIpc) is 2.87. The zero-order valence-corrected chi connectivity index (χ0v) is 12.2. The van der Waals surface area contributed by atoms with E-state index in [1.54, 1.807) is 4.57 Å². The first-order chi connectivity index (χ1) is 8.95. The first-order valence-corrected chi connectivity index (χ1v) is 7.48. The molecule has 0 saturated heterocycles. The molecular weight excluding hydrogens is 270 g/mol. The molecule has 8 heteroatoms. The third-order valence-corrected chi connectivity index (χ3v) is 4.32. The van der Waals surface area contributed by atoms with Gasteiger partial charge in [0.25, 0.3) is 10.0 Å². The van der Waals surface area contributed by atoms with E-state index in [1.807, 2.05) is 13.8 Å². The first-order valence-electron chi connectivity index (χ1n) is 6.04. The Balaban J connectivity index is 3.01. The molecule has 7 nitrogen and oxygen atoms in total. The van der Waals surface area contributed by atoms with Gasteiger partial charge in [-0.2, -0.15) is 4.31 Å². The molecule has 0 N–H and O–H groups in total. The first kappa shape index (κ1) is 15.6. The summed E-state index contributed by atoms with van der Waals surface area (Å²) >= 11 is 0. The lowest BCUT2D eigenvalue weighted by molar-refractivity contribution is -0.140. The van der Waals surface area contributed by atoms with Gasteiger partial charge in [-0.1, -0.05) is 6.92 Å². The number of hydrogen-bond acceptors (Lipinski definition) is 5. The molecule has 1 aromatic heterocycles. The van der Waals surface area contributed by atoms with Crippen molar-refractivity contribution in [3.8, 4) is 0 Å². The fraction of sp³-hybridized carbons (Fsp3) is 0.636. The third-order valence-electron chi connectivity index (χ3n) is 2.59. The quantitative estimate of drug-likeness (QED) is 0.682. The van der Waals surface area contributed by atoms with Crippen LogP contribution in [0.1, 0.15) is 20.3 Å². The van der Waals surface area contributed by atoms with E-state index in [9.17, 15) is 13.2 Å². The second kappa shape index (κ2) is 6.67.